The van der Waals surface area contributed by atoms with Crippen LogP contribution in [0, 0.1) is 25.2 Å². The van der Waals surface area contributed by atoms with Gasteiger partial charge >= 0.3 is 0 Å². The van der Waals surface area contributed by atoms with Crippen LogP contribution >= 0.6 is 11.9 Å². The Balaban J connectivity index is 1.44. The van der Waals surface area contributed by atoms with Gasteiger partial charge in [-0.05, 0) is 100 Å². The minimum absolute atomic E-state index is 0.00883. The zero-order valence-corrected chi connectivity index (χ0v) is 30.1. The van der Waals surface area contributed by atoms with Crippen LogP contribution in [0.25, 0.3) is 0 Å². The van der Waals surface area contributed by atoms with E-state index in [4.69, 9.17) is 9.72 Å². The van der Waals surface area contributed by atoms with Crippen molar-refractivity contribution in [3.63, 3.8) is 0 Å². The molecule has 5 rings (SSSR count). The summed E-state index contributed by atoms with van der Waals surface area (Å²) in [6.45, 7) is 22.0. The Morgan fingerprint density at radius 2 is 1.80 bits per heavy atom. The van der Waals surface area contributed by atoms with E-state index in [1.165, 1.54) is 42.4 Å². The number of anilines is 1. The van der Waals surface area contributed by atoms with Gasteiger partial charge in [-0.25, -0.2) is 9.71 Å². The molecule has 1 aromatic heterocycles. The number of aryl methyl sites for hydroxylation is 2. The van der Waals surface area contributed by atoms with Crippen molar-refractivity contribution in [2.24, 2.45) is 11.3 Å². The average molecular weight is 637 g/mol. The number of pyridine rings is 1. The maximum Gasteiger partial charge on any atom is 0.129 e. The Kier molecular flexibility index (Phi) is 11.9. The van der Waals surface area contributed by atoms with Gasteiger partial charge in [-0.2, -0.15) is 0 Å². The van der Waals surface area contributed by atoms with Crippen LogP contribution in [0.15, 0.2) is 36.4 Å². The number of hydrogen-bond acceptors (Lipinski definition) is 8. The molecule has 3 N–H and O–H groups in total. The third-order valence-electron chi connectivity index (χ3n) is 9.91. The zero-order valence-electron chi connectivity index (χ0n) is 29.2. The Morgan fingerprint density at radius 3 is 2.51 bits per heavy atom. The lowest BCUT2D eigenvalue weighted by Gasteiger charge is -2.41. The van der Waals surface area contributed by atoms with Crippen LogP contribution in [-0.4, -0.2) is 59.4 Å². The van der Waals surface area contributed by atoms with Gasteiger partial charge in [0.05, 0.1) is 12.3 Å². The fraction of sp³-hybridized carbons (Fsp3) is 0.703. The van der Waals surface area contributed by atoms with E-state index in [0.717, 1.165) is 44.0 Å². The molecule has 2 saturated heterocycles. The van der Waals surface area contributed by atoms with E-state index in [1.807, 2.05) is 11.9 Å². The highest BCUT2D eigenvalue weighted by Crippen LogP contribution is 2.35. The molecule has 3 heterocycles. The predicted molar refractivity (Wildman–Crippen MR) is 190 cm³/mol. The van der Waals surface area contributed by atoms with Crippen LogP contribution in [0.5, 0.6) is 0 Å². The molecule has 0 spiro atoms. The molecule has 1 aromatic carbocycles. The summed E-state index contributed by atoms with van der Waals surface area (Å²) in [7, 11) is 0. The highest BCUT2D eigenvalue weighted by Gasteiger charge is 2.35. The number of nitrogens with one attached hydrogen (secondary N) is 3. The van der Waals surface area contributed by atoms with Crippen molar-refractivity contribution >= 4 is 17.8 Å². The van der Waals surface area contributed by atoms with Crippen LogP contribution in [0.1, 0.15) is 108 Å². The van der Waals surface area contributed by atoms with Crippen LogP contribution in [-0.2, 0) is 11.3 Å². The van der Waals surface area contributed by atoms with Crippen molar-refractivity contribution in [3.8, 4) is 0 Å². The molecule has 0 radical (unpaired) electrons. The van der Waals surface area contributed by atoms with Gasteiger partial charge in [-0.15, -0.1) is 0 Å². The number of rotatable bonds is 7. The third-order valence-corrected chi connectivity index (χ3v) is 11.0. The summed E-state index contributed by atoms with van der Waals surface area (Å²) in [6, 6.07) is 14.2. The summed E-state index contributed by atoms with van der Waals surface area (Å²) < 4.78 is 10.7. The molecule has 8 heteroatoms. The summed E-state index contributed by atoms with van der Waals surface area (Å²) in [5, 5.41) is 8.30. The van der Waals surface area contributed by atoms with Crippen molar-refractivity contribution < 1.29 is 4.74 Å². The van der Waals surface area contributed by atoms with E-state index in [-0.39, 0.29) is 24.0 Å². The van der Waals surface area contributed by atoms with Crippen LogP contribution in [0.4, 0.5) is 5.82 Å². The Labute approximate surface area is 278 Å². The standard InChI is InChI=1S/C37H60N6OS/c1-9-43(25(2)3)33-18-12-16-29(38-33)23-42-22-28-15-11-17-31(19-28)45-41-36-39-32(35-26(4)13-10-14-27(35)5)20-34(40-36)44-24-30(42)21-37(6,7)8/h10,12-14,16,18,25,28,30-32,34,36,39-41H,9,11,15,17,19-24H2,1-8H3/t28?,30-,31?,32?,34?,36?/m1/s1. The minimum Gasteiger partial charge on any atom is -0.362 e. The first-order valence-electron chi connectivity index (χ1n) is 17.6. The van der Waals surface area contributed by atoms with Crippen LogP contribution in [0.2, 0.25) is 0 Å². The largest absolute Gasteiger partial charge is 0.362 e. The Bertz CT molecular complexity index is 1210. The van der Waals surface area contributed by atoms with Gasteiger partial charge in [-0.1, -0.05) is 63.4 Å². The molecule has 0 amide bonds. The van der Waals surface area contributed by atoms with E-state index in [1.54, 1.807) is 0 Å². The number of fused-ring (bicyclic) bond motifs is 4. The van der Waals surface area contributed by atoms with Crippen molar-refractivity contribution in [1.29, 1.82) is 0 Å². The second-order valence-corrected chi connectivity index (χ2v) is 16.4. The molecular formula is C37H60N6OS. The van der Waals surface area contributed by atoms with E-state index < -0.39 is 0 Å². The summed E-state index contributed by atoms with van der Waals surface area (Å²) in [5.41, 5.74) is 5.45. The van der Waals surface area contributed by atoms with Crippen LogP contribution in [0.3, 0.4) is 0 Å². The number of hydrogen-bond donors (Lipinski definition) is 3. The van der Waals surface area contributed by atoms with E-state index >= 15 is 0 Å². The highest BCUT2D eigenvalue weighted by molar-refractivity contribution is 7.98. The quantitative estimate of drug-likeness (QED) is 0.274. The second kappa shape index (κ2) is 15.5. The molecule has 45 heavy (non-hydrogen) atoms. The average Bonchev–Trinajstić information content (AvgIpc) is 2.98. The summed E-state index contributed by atoms with van der Waals surface area (Å²) in [5.74, 6) is 1.76. The third kappa shape index (κ3) is 9.45. The van der Waals surface area contributed by atoms with Gasteiger partial charge in [-0.3, -0.25) is 15.5 Å². The first-order chi connectivity index (χ1) is 21.5. The van der Waals surface area contributed by atoms with Crippen molar-refractivity contribution in [1.82, 2.24) is 25.2 Å². The lowest BCUT2D eigenvalue weighted by atomic mass is 9.85. The Morgan fingerprint density at radius 1 is 1.04 bits per heavy atom. The minimum atomic E-state index is -0.0385. The monoisotopic (exact) mass is 636 g/mol. The molecule has 250 valence electrons. The first kappa shape index (κ1) is 34.6. The maximum absolute atomic E-state index is 6.94. The lowest BCUT2D eigenvalue weighted by Crippen LogP contribution is -2.61. The molecule has 3 fully saturated rings. The number of benzene rings is 1. The maximum atomic E-state index is 6.94. The van der Waals surface area contributed by atoms with Gasteiger partial charge < -0.3 is 9.64 Å². The van der Waals surface area contributed by atoms with Gasteiger partial charge in [0.1, 0.15) is 18.3 Å². The molecule has 5 unspecified atom stereocenters. The molecule has 2 aliphatic heterocycles. The molecule has 4 bridgehead atoms. The molecule has 1 saturated carbocycles. The van der Waals surface area contributed by atoms with Gasteiger partial charge in [0, 0.05) is 49.4 Å². The van der Waals surface area contributed by atoms with Crippen molar-refractivity contribution in [2.45, 2.75) is 136 Å². The SMILES string of the molecule is CCN(c1cccc(CN2CC3CCCC(C3)SNC3NC(CC(c4c(C)cccc4C)N3)OC[C@H]2CC(C)(C)C)n1)C(C)C. The summed E-state index contributed by atoms with van der Waals surface area (Å²) in [4.78, 5) is 10.4. The topological polar surface area (TPSA) is 64.7 Å². The predicted octanol–water partition coefficient (Wildman–Crippen LogP) is 7.30. The number of nitrogens with zero attached hydrogens (tertiary/aromatic N) is 3. The Hall–Kier alpha value is -1.68. The van der Waals surface area contributed by atoms with Gasteiger partial charge in [0.15, 0.2) is 0 Å². The molecule has 3 aliphatic rings. The zero-order chi connectivity index (χ0) is 32.1. The van der Waals surface area contributed by atoms with Gasteiger partial charge in [0.2, 0.25) is 0 Å². The van der Waals surface area contributed by atoms with E-state index in [9.17, 15) is 0 Å². The molecule has 7 nitrogen and oxygen atoms in total. The lowest BCUT2D eigenvalue weighted by molar-refractivity contribution is -0.0515. The molecular weight excluding hydrogens is 577 g/mol. The molecule has 2 aromatic rings. The summed E-state index contributed by atoms with van der Waals surface area (Å²) in [6.07, 6.45) is 7.06. The van der Waals surface area contributed by atoms with Crippen LogP contribution < -0.4 is 20.3 Å². The van der Waals surface area contributed by atoms with Crippen molar-refractivity contribution in [2.75, 3.05) is 24.6 Å². The van der Waals surface area contributed by atoms with E-state index in [0.29, 0.717) is 29.9 Å². The first-order valence-corrected chi connectivity index (χ1v) is 18.4. The molecule has 6 atom stereocenters. The summed E-state index contributed by atoms with van der Waals surface area (Å²) >= 11 is 1.93. The molecule has 1 aliphatic carbocycles. The highest BCUT2D eigenvalue weighted by atomic mass is 32.2. The number of aromatic nitrogens is 1. The normalized spacial score (nSPS) is 28.6. The second-order valence-electron chi connectivity index (χ2n) is 15.3. The smallest absolute Gasteiger partial charge is 0.129 e. The van der Waals surface area contributed by atoms with E-state index in [2.05, 4.69) is 117 Å². The number of ether oxygens (including phenoxy) is 1. The fourth-order valence-corrected chi connectivity index (χ4v) is 8.96. The fourth-order valence-electron chi connectivity index (χ4n) is 7.84. The van der Waals surface area contributed by atoms with Crippen molar-refractivity contribution in [3.05, 3.63) is 58.8 Å². The van der Waals surface area contributed by atoms with Gasteiger partial charge in [0.25, 0.3) is 0 Å².